The van der Waals surface area contributed by atoms with E-state index in [1.165, 1.54) is 0 Å². The second-order valence-electron chi connectivity index (χ2n) is 4.06. The lowest BCUT2D eigenvalue weighted by molar-refractivity contribution is 0.0350. The summed E-state index contributed by atoms with van der Waals surface area (Å²) in [5, 5.41) is 0. The van der Waals surface area contributed by atoms with Crippen molar-refractivity contribution in [3.05, 3.63) is 0 Å². The van der Waals surface area contributed by atoms with E-state index in [0.717, 1.165) is 19.3 Å². The average Bonchev–Trinajstić information content (AvgIpc) is 2.09. The lowest BCUT2D eigenvalue weighted by Crippen LogP contribution is -2.31. The lowest BCUT2D eigenvalue weighted by atomic mass is 9.71. The molecule has 1 saturated carbocycles. The predicted molar refractivity (Wildman–Crippen MR) is 57.6 cm³/mol. The van der Waals surface area contributed by atoms with Crippen molar-refractivity contribution >= 4 is 16.1 Å². The van der Waals surface area contributed by atoms with Crippen molar-refractivity contribution in [1.82, 2.24) is 0 Å². The molecule has 0 aromatic heterocycles. The zero-order chi connectivity index (χ0) is 10.6. The van der Waals surface area contributed by atoms with Gasteiger partial charge < -0.3 is 14.2 Å². The molecule has 0 radical (unpaired) electrons. The molecule has 14 heavy (non-hydrogen) atoms. The van der Waals surface area contributed by atoms with Gasteiger partial charge in [-0.25, -0.2) is 0 Å². The first-order chi connectivity index (χ1) is 6.63. The van der Waals surface area contributed by atoms with Crippen molar-refractivity contribution in [2.24, 2.45) is 5.92 Å². The standard InChI is InChI=1S/C8H18BO4P/c1-12-5-6-2-3-7(9)4-8(6)13-14(10)11/h6-8,14H,2-5,9H2,1H3,(H,10,11)/t6-,7-,8+/m1/s1. The second kappa shape index (κ2) is 5.91. The normalized spacial score (nSPS) is 35.4. The number of ether oxygens (including phenoxy) is 1. The van der Waals surface area contributed by atoms with Gasteiger partial charge in [0.1, 0.15) is 7.85 Å². The highest BCUT2D eigenvalue weighted by molar-refractivity contribution is 7.32. The third-order valence-corrected chi connectivity index (χ3v) is 3.33. The minimum absolute atomic E-state index is 0.102. The van der Waals surface area contributed by atoms with Crippen LogP contribution < -0.4 is 0 Å². The second-order valence-corrected chi connectivity index (χ2v) is 4.82. The molecule has 82 valence electrons. The molecule has 0 bridgehead atoms. The zero-order valence-electron chi connectivity index (χ0n) is 8.73. The van der Waals surface area contributed by atoms with E-state index >= 15 is 0 Å². The Balaban J connectivity index is 2.49. The van der Waals surface area contributed by atoms with E-state index in [-0.39, 0.29) is 12.0 Å². The Labute approximate surface area is 86.3 Å². The van der Waals surface area contributed by atoms with Gasteiger partial charge in [0.2, 0.25) is 0 Å². The van der Waals surface area contributed by atoms with Gasteiger partial charge >= 0.3 is 8.25 Å². The zero-order valence-corrected chi connectivity index (χ0v) is 9.73. The average molecular weight is 220 g/mol. The van der Waals surface area contributed by atoms with E-state index in [4.69, 9.17) is 14.2 Å². The maximum Gasteiger partial charge on any atom is 0.316 e. The van der Waals surface area contributed by atoms with E-state index < -0.39 is 8.25 Å². The first kappa shape index (κ1) is 12.2. The summed E-state index contributed by atoms with van der Waals surface area (Å²) < 4.78 is 20.8. The Bertz CT molecular complexity index is 202. The molecule has 0 aromatic rings. The number of hydrogen-bond donors (Lipinski definition) is 1. The van der Waals surface area contributed by atoms with Gasteiger partial charge in [-0.05, 0) is 12.8 Å². The molecule has 4 nitrogen and oxygen atoms in total. The Morgan fingerprint density at radius 1 is 1.57 bits per heavy atom. The monoisotopic (exact) mass is 220 g/mol. The maximum atomic E-state index is 10.6. The lowest BCUT2D eigenvalue weighted by Gasteiger charge is -2.33. The fourth-order valence-electron chi connectivity index (χ4n) is 2.07. The first-order valence-corrected chi connectivity index (χ1v) is 6.28. The molecule has 1 aliphatic rings. The Morgan fingerprint density at radius 3 is 2.86 bits per heavy atom. The van der Waals surface area contributed by atoms with Gasteiger partial charge in [0.25, 0.3) is 0 Å². The molecule has 6 heteroatoms. The van der Waals surface area contributed by atoms with Crippen LogP contribution in [-0.2, 0) is 13.8 Å². The number of methoxy groups -OCH3 is 1. The van der Waals surface area contributed by atoms with E-state index in [2.05, 4.69) is 7.85 Å². The molecule has 1 unspecified atom stereocenters. The molecule has 0 aliphatic heterocycles. The highest BCUT2D eigenvalue weighted by Crippen LogP contribution is 2.36. The van der Waals surface area contributed by atoms with E-state index in [0.29, 0.717) is 12.4 Å². The van der Waals surface area contributed by atoms with Crippen molar-refractivity contribution in [3.63, 3.8) is 0 Å². The van der Waals surface area contributed by atoms with E-state index in [9.17, 15) is 4.57 Å². The quantitative estimate of drug-likeness (QED) is 0.557. The van der Waals surface area contributed by atoms with Crippen molar-refractivity contribution in [1.29, 1.82) is 0 Å². The molecule has 1 rings (SSSR count). The van der Waals surface area contributed by atoms with Crippen LogP contribution in [-0.4, -0.2) is 32.6 Å². The van der Waals surface area contributed by atoms with E-state index in [1.807, 2.05) is 0 Å². The molecule has 0 aromatic carbocycles. The van der Waals surface area contributed by atoms with Crippen LogP contribution in [0.15, 0.2) is 0 Å². The van der Waals surface area contributed by atoms with Crippen LogP contribution in [0.3, 0.4) is 0 Å². The predicted octanol–water partition coefficient (Wildman–Crippen LogP) is 0.622. The SMILES string of the molecule is B[C@@H]1CC[C@H](COC)[C@@H](O[PH](=O)O)C1. The van der Waals surface area contributed by atoms with Crippen molar-refractivity contribution in [2.45, 2.75) is 31.2 Å². The van der Waals surface area contributed by atoms with Crippen LogP contribution in [0.2, 0.25) is 5.82 Å². The topological polar surface area (TPSA) is 55.8 Å². The van der Waals surface area contributed by atoms with Crippen LogP contribution in [0.5, 0.6) is 0 Å². The smallest absolute Gasteiger partial charge is 0.316 e. The maximum absolute atomic E-state index is 10.6. The molecule has 0 spiro atoms. The summed E-state index contributed by atoms with van der Waals surface area (Å²) in [6.07, 6.45) is 2.94. The summed E-state index contributed by atoms with van der Waals surface area (Å²) in [5.74, 6) is 0.853. The molecular weight excluding hydrogens is 202 g/mol. The minimum Gasteiger partial charge on any atom is -0.384 e. The molecule has 1 fully saturated rings. The summed E-state index contributed by atoms with van der Waals surface area (Å²) in [6, 6.07) is 0. The highest BCUT2D eigenvalue weighted by atomic mass is 31.1. The summed E-state index contributed by atoms with van der Waals surface area (Å²) in [7, 11) is 0.984. The summed E-state index contributed by atoms with van der Waals surface area (Å²) in [4.78, 5) is 8.76. The van der Waals surface area contributed by atoms with Gasteiger partial charge in [-0.3, -0.25) is 4.57 Å². The van der Waals surface area contributed by atoms with Gasteiger partial charge in [-0.15, -0.1) is 0 Å². The summed E-state index contributed by atoms with van der Waals surface area (Å²) in [5.41, 5.74) is 0. The van der Waals surface area contributed by atoms with Gasteiger partial charge in [0.15, 0.2) is 0 Å². The third-order valence-electron chi connectivity index (χ3n) is 2.82. The Kier molecular flexibility index (Phi) is 5.17. The summed E-state index contributed by atoms with van der Waals surface area (Å²) >= 11 is 0. The number of hydrogen-bond acceptors (Lipinski definition) is 3. The van der Waals surface area contributed by atoms with Crippen LogP contribution in [0.4, 0.5) is 0 Å². The largest absolute Gasteiger partial charge is 0.384 e. The molecule has 0 saturated heterocycles. The Hall–Kier alpha value is 0.175. The fourth-order valence-corrected chi connectivity index (χ4v) is 2.62. The third kappa shape index (κ3) is 3.74. The Morgan fingerprint density at radius 2 is 2.29 bits per heavy atom. The van der Waals surface area contributed by atoms with Crippen LogP contribution in [0.1, 0.15) is 19.3 Å². The van der Waals surface area contributed by atoms with Crippen LogP contribution >= 0.6 is 8.25 Å². The highest BCUT2D eigenvalue weighted by Gasteiger charge is 2.30. The first-order valence-electron chi connectivity index (χ1n) is 5.02. The van der Waals surface area contributed by atoms with Crippen LogP contribution in [0.25, 0.3) is 0 Å². The van der Waals surface area contributed by atoms with Crippen LogP contribution in [0, 0.1) is 5.92 Å². The molecule has 1 N–H and O–H groups in total. The van der Waals surface area contributed by atoms with Gasteiger partial charge in [0.05, 0.1) is 12.7 Å². The number of rotatable bonds is 4. The fraction of sp³-hybridized carbons (Fsp3) is 1.00. The molecule has 0 heterocycles. The van der Waals surface area contributed by atoms with Gasteiger partial charge in [0, 0.05) is 13.0 Å². The van der Waals surface area contributed by atoms with E-state index in [1.54, 1.807) is 7.11 Å². The van der Waals surface area contributed by atoms with Crippen molar-refractivity contribution in [2.75, 3.05) is 13.7 Å². The molecule has 0 amide bonds. The molecule has 4 atom stereocenters. The van der Waals surface area contributed by atoms with Gasteiger partial charge in [-0.2, -0.15) is 0 Å². The summed E-state index contributed by atoms with van der Waals surface area (Å²) in [6.45, 7) is 0.618. The van der Waals surface area contributed by atoms with Crippen molar-refractivity contribution < 1.29 is 18.7 Å². The molecule has 1 aliphatic carbocycles. The van der Waals surface area contributed by atoms with Crippen molar-refractivity contribution in [3.8, 4) is 0 Å². The minimum atomic E-state index is -2.81. The molecular formula is C8H18BO4P. The van der Waals surface area contributed by atoms with Gasteiger partial charge in [-0.1, -0.05) is 12.2 Å².